The summed E-state index contributed by atoms with van der Waals surface area (Å²) in [6.07, 6.45) is 2.08. The standard InChI is InChI=1S/C21H24BrNO3/c1-4-5-12-25-20-11-6-16(13-19(20)22)21(24)23-17-7-9-18(10-8-17)26-14-15(2)3/h6-11,13H,2,4-5,12,14H2,1,3H3,(H,23,24). The molecule has 0 radical (unpaired) electrons. The Morgan fingerprint density at radius 1 is 1.15 bits per heavy atom. The van der Waals surface area contributed by atoms with Crippen molar-refractivity contribution in [3.63, 3.8) is 0 Å². The average molecular weight is 418 g/mol. The molecular weight excluding hydrogens is 394 g/mol. The minimum Gasteiger partial charge on any atom is -0.492 e. The number of anilines is 1. The molecule has 0 aliphatic heterocycles. The molecule has 0 aliphatic carbocycles. The molecule has 138 valence electrons. The van der Waals surface area contributed by atoms with E-state index in [2.05, 4.69) is 34.7 Å². The predicted octanol–water partition coefficient (Wildman–Crippen LogP) is 5.84. The molecule has 1 amide bonds. The third kappa shape index (κ3) is 6.23. The van der Waals surface area contributed by atoms with E-state index >= 15 is 0 Å². The van der Waals surface area contributed by atoms with Crippen molar-refractivity contribution in [2.45, 2.75) is 26.7 Å². The van der Waals surface area contributed by atoms with Crippen molar-refractivity contribution in [1.29, 1.82) is 0 Å². The zero-order valence-corrected chi connectivity index (χ0v) is 16.8. The molecular formula is C21H24BrNO3. The van der Waals surface area contributed by atoms with Crippen LogP contribution in [0.1, 0.15) is 37.0 Å². The van der Waals surface area contributed by atoms with Crippen LogP contribution in [-0.2, 0) is 0 Å². The van der Waals surface area contributed by atoms with Crippen LogP contribution in [0.15, 0.2) is 59.1 Å². The third-order valence-corrected chi connectivity index (χ3v) is 4.17. The molecule has 2 aromatic carbocycles. The summed E-state index contributed by atoms with van der Waals surface area (Å²) in [4.78, 5) is 12.4. The van der Waals surface area contributed by atoms with E-state index in [1.54, 1.807) is 12.1 Å². The van der Waals surface area contributed by atoms with E-state index in [1.165, 1.54) is 0 Å². The number of rotatable bonds is 9. The smallest absolute Gasteiger partial charge is 0.255 e. The molecule has 1 N–H and O–H groups in total. The fraction of sp³-hybridized carbons (Fsp3) is 0.286. The number of ether oxygens (including phenoxy) is 2. The van der Waals surface area contributed by atoms with Gasteiger partial charge >= 0.3 is 0 Å². The molecule has 0 spiro atoms. The summed E-state index contributed by atoms with van der Waals surface area (Å²) in [5.41, 5.74) is 2.22. The van der Waals surface area contributed by atoms with E-state index in [-0.39, 0.29) is 5.91 Å². The number of carbonyl (C=O) groups is 1. The second-order valence-electron chi connectivity index (χ2n) is 6.07. The van der Waals surface area contributed by atoms with E-state index < -0.39 is 0 Å². The molecule has 0 aromatic heterocycles. The Labute approximate surface area is 163 Å². The van der Waals surface area contributed by atoms with Crippen LogP contribution >= 0.6 is 15.9 Å². The van der Waals surface area contributed by atoms with Gasteiger partial charge in [0.25, 0.3) is 5.91 Å². The maximum absolute atomic E-state index is 12.4. The molecule has 0 bridgehead atoms. The maximum atomic E-state index is 12.4. The summed E-state index contributed by atoms with van der Waals surface area (Å²) >= 11 is 3.46. The summed E-state index contributed by atoms with van der Waals surface area (Å²) in [5, 5.41) is 2.88. The fourth-order valence-corrected chi connectivity index (χ4v) is 2.62. The molecule has 0 aliphatic rings. The van der Waals surface area contributed by atoms with Gasteiger partial charge in [0.2, 0.25) is 0 Å². The normalized spacial score (nSPS) is 10.3. The molecule has 0 atom stereocenters. The van der Waals surface area contributed by atoms with Crippen molar-refractivity contribution in [1.82, 2.24) is 0 Å². The quantitative estimate of drug-likeness (QED) is 0.411. The lowest BCUT2D eigenvalue weighted by molar-refractivity contribution is 0.102. The van der Waals surface area contributed by atoms with Crippen LogP contribution in [0.2, 0.25) is 0 Å². The van der Waals surface area contributed by atoms with Gasteiger partial charge in [-0.1, -0.05) is 19.9 Å². The molecule has 0 saturated heterocycles. The van der Waals surface area contributed by atoms with E-state index in [1.807, 2.05) is 37.3 Å². The highest BCUT2D eigenvalue weighted by atomic mass is 79.9. The van der Waals surface area contributed by atoms with Gasteiger partial charge in [0.05, 0.1) is 11.1 Å². The van der Waals surface area contributed by atoms with Crippen molar-refractivity contribution in [3.8, 4) is 11.5 Å². The van der Waals surface area contributed by atoms with Gasteiger partial charge < -0.3 is 14.8 Å². The first-order chi connectivity index (χ1) is 12.5. The summed E-state index contributed by atoms with van der Waals surface area (Å²) < 4.78 is 12.0. The number of nitrogens with one attached hydrogen (secondary N) is 1. The first-order valence-electron chi connectivity index (χ1n) is 8.60. The first-order valence-corrected chi connectivity index (χ1v) is 9.40. The molecule has 2 rings (SSSR count). The number of hydrogen-bond donors (Lipinski definition) is 1. The fourth-order valence-electron chi connectivity index (χ4n) is 2.13. The molecule has 4 nitrogen and oxygen atoms in total. The number of benzene rings is 2. The Morgan fingerprint density at radius 2 is 1.88 bits per heavy atom. The second-order valence-corrected chi connectivity index (χ2v) is 6.93. The summed E-state index contributed by atoms with van der Waals surface area (Å²) in [6.45, 7) is 8.97. The van der Waals surface area contributed by atoms with Crippen LogP contribution < -0.4 is 14.8 Å². The van der Waals surface area contributed by atoms with Crippen LogP contribution in [-0.4, -0.2) is 19.1 Å². The highest BCUT2D eigenvalue weighted by Gasteiger charge is 2.10. The van der Waals surface area contributed by atoms with Crippen LogP contribution in [0.4, 0.5) is 5.69 Å². The highest BCUT2D eigenvalue weighted by Crippen LogP contribution is 2.27. The van der Waals surface area contributed by atoms with E-state index in [0.717, 1.165) is 34.4 Å². The van der Waals surface area contributed by atoms with Crippen LogP contribution in [0.25, 0.3) is 0 Å². The van der Waals surface area contributed by atoms with Crippen molar-refractivity contribution >= 4 is 27.5 Å². The van der Waals surface area contributed by atoms with Crippen molar-refractivity contribution in [2.75, 3.05) is 18.5 Å². The van der Waals surface area contributed by atoms with Gasteiger partial charge in [0, 0.05) is 11.3 Å². The molecule has 0 saturated carbocycles. The number of unbranched alkanes of at least 4 members (excludes halogenated alkanes) is 1. The van der Waals surface area contributed by atoms with E-state index in [4.69, 9.17) is 9.47 Å². The second kappa shape index (κ2) is 10.0. The molecule has 2 aromatic rings. The Kier molecular flexibility index (Phi) is 7.73. The van der Waals surface area contributed by atoms with Crippen molar-refractivity contribution in [3.05, 3.63) is 64.7 Å². The number of halogens is 1. The van der Waals surface area contributed by atoms with E-state index in [9.17, 15) is 4.79 Å². The predicted molar refractivity (Wildman–Crippen MR) is 109 cm³/mol. The Hall–Kier alpha value is -2.27. The highest BCUT2D eigenvalue weighted by molar-refractivity contribution is 9.10. The SMILES string of the molecule is C=C(C)COc1ccc(NC(=O)c2ccc(OCCCC)c(Br)c2)cc1. The summed E-state index contributed by atoms with van der Waals surface area (Å²) in [7, 11) is 0. The zero-order valence-electron chi connectivity index (χ0n) is 15.2. The minimum atomic E-state index is -0.179. The topological polar surface area (TPSA) is 47.6 Å². The van der Waals surface area contributed by atoms with Gasteiger partial charge in [-0.05, 0) is 77.3 Å². The van der Waals surface area contributed by atoms with Gasteiger partial charge in [-0.3, -0.25) is 4.79 Å². The molecule has 26 heavy (non-hydrogen) atoms. The lowest BCUT2D eigenvalue weighted by atomic mass is 10.2. The van der Waals surface area contributed by atoms with Gasteiger partial charge in [-0.25, -0.2) is 0 Å². The van der Waals surface area contributed by atoms with Gasteiger partial charge in [0.1, 0.15) is 18.1 Å². The molecule has 0 heterocycles. The number of carbonyl (C=O) groups excluding carboxylic acids is 1. The lowest BCUT2D eigenvalue weighted by Gasteiger charge is -2.10. The summed E-state index contributed by atoms with van der Waals surface area (Å²) in [5.74, 6) is 1.30. The van der Waals surface area contributed by atoms with Gasteiger partial charge in [0.15, 0.2) is 0 Å². The van der Waals surface area contributed by atoms with Crippen LogP contribution in [0, 0.1) is 0 Å². The lowest BCUT2D eigenvalue weighted by Crippen LogP contribution is -2.12. The van der Waals surface area contributed by atoms with Crippen LogP contribution in [0.5, 0.6) is 11.5 Å². The van der Waals surface area contributed by atoms with Gasteiger partial charge in [-0.2, -0.15) is 0 Å². The maximum Gasteiger partial charge on any atom is 0.255 e. The average Bonchev–Trinajstić information content (AvgIpc) is 2.62. The molecule has 0 fully saturated rings. The molecule has 5 heteroatoms. The summed E-state index contributed by atoms with van der Waals surface area (Å²) in [6, 6.07) is 12.6. The van der Waals surface area contributed by atoms with Crippen molar-refractivity contribution in [2.24, 2.45) is 0 Å². The minimum absolute atomic E-state index is 0.179. The Balaban J connectivity index is 1.96. The Bertz CT molecular complexity index is 756. The Morgan fingerprint density at radius 3 is 2.50 bits per heavy atom. The number of hydrogen-bond acceptors (Lipinski definition) is 3. The first kappa shape index (κ1) is 20.0. The molecule has 0 unspecified atom stereocenters. The third-order valence-electron chi connectivity index (χ3n) is 3.55. The van der Waals surface area contributed by atoms with Crippen molar-refractivity contribution < 1.29 is 14.3 Å². The monoisotopic (exact) mass is 417 g/mol. The number of amides is 1. The zero-order chi connectivity index (χ0) is 18.9. The van der Waals surface area contributed by atoms with Crippen LogP contribution in [0.3, 0.4) is 0 Å². The van der Waals surface area contributed by atoms with E-state index in [0.29, 0.717) is 24.5 Å². The largest absolute Gasteiger partial charge is 0.492 e. The van der Waals surface area contributed by atoms with Gasteiger partial charge in [-0.15, -0.1) is 0 Å².